The molecule has 0 aliphatic rings. The smallest absolute Gasteiger partial charge is 0.293 e. The minimum atomic E-state index is -0.724. The zero-order chi connectivity index (χ0) is 7.28. The number of aliphatic hydroxyl groups is 1. The van der Waals surface area contributed by atoms with Crippen molar-refractivity contribution in [1.29, 1.82) is 0 Å². The summed E-state index contributed by atoms with van der Waals surface area (Å²) in [4.78, 5) is 8.89. The van der Waals surface area contributed by atoms with Gasteiger partial charge in [-0.05, 0) is 6.92 Å². The van der Waals surface area contributed by atoms with Crippen LogP contribution in [0.15, 0.2) is 12.1 Å². The van der Waals surface area contributed by atoms with Gasteiger partial charge in [0.2, 0.25) is 0 Å². The highest BCUT2D eigenvalue weighted by molar-refractivity contribution is 4.78. The van der Waals surface area contributed by atoms with Crippen LogP contribution in [-0.2, 0) is 0 Å². The Morgan fingerprint density at radius 1 is 2.00 bits per heavy atom. The molecule has 5 heteroatoms. The van der Waals surface area contributed by atoms with Crippen molar-refractivity contribution in [3.63, 3.8) is 0 Å². The summed E-state index contributed by atoms with van der Waals surface area (Å²) in [6.07, 6.45) is 0.503. The zero-order valence-electron chi connectivity index (χ0n) is 5.00. The van der Waals surface area contributed by atoms with Gasteiger partial charge in [0.15, 0.2) is 0 Å². The van der Waals surface area contributed by atoms with Gasteiger partial charge in [-0.3, -0.25) is 10.1 Å². The van der Waals surface area contributed by atoms with E-state index < -0.39 is 10.8 Å². The summed E-state index contributed by atoms with van der Waals surface area (Å²) in [5.74, 6) is -0.414. The van der Waals surface area contributed by atoms with E-state index in [1.165, 1.54) is 0 Å². The van der Waals surface area contributed by atoms with Gasteiger partial charge in [-0.2, -0.15) is 0 Å². The summed E-state index contributed by atoms with van der Waals surface area (Å²) in [6.45, 7) is 2.19. The molecule has 0 saturated carbocycles. The normalized spacial score (nSPS) is 11.0. The van der Waals surface area contributed by atoms with Crippen molar-refractivity contribution in [1.82, 2.24) is 5.32 Å². The summed E-state index contributed by atoms with van der Waals surface area (Å²) in [7, 11) is 0. The average Bonchev–Trinajstić information content (AvgIpc) is 1.63. The maximum absolute atomic E-state index is 9.61. The first kappa shape index (κ1) is 7.74. The molecule has 0 fully saturated rings. The summed E-state index contributed by atoms with van der Waals surface area (Å²) in [5, 5.41) is 20.5. The Bertz CT molecular complexity index is 132. The summed E-state index contributed by atoms with van der Waals surface area (Å²) in [5.41, 5.74) is 0. The number of nitrogens with zero attached hydrogens (tertiary/aromatic N) is 1. The third kappa shape index (κ3) is 4.60. The maximum Gasteiger partial charge on any atom is 0.293 e. The van der Waals surface area contributed by atoms with Gasteiger partial charge >= 0.3 is 0 Å². The molecule has 0 rings (SSSR count). The molecular weight excluding hydrogens is 124 g/mol. The lowest BCUT2D eigenvalue weighted by molar-refractivity contribution is -0.405. The molecule has 0 atom stereocenters. The van der Waals surface area contributed by atoms with E-state index in [9.17, 15) is 10.1 Å². The Labute approximate surface area is 52.1 Å². The van der Waals surface area contributed by atoms with Crippen LogP contribution in [-0.4, -0.2) is 16.6 Å². The van der Waals surface area contributed by atoms with Crippen LogP contribution >= 0.6 is 0 Å². The van der Waals surface area contributed by atoms with E-state index in [4.69, 9.17) is 5.11 Å². The van der Waals surface area contributed by atoms with Gasteiger partial charge in [-0.25, -0.2) is 0 Å². The summed E-state index contributed by atoms with van der Waals surface area (Å²) in [6, 6.07) is 0. The Hall–Kier alpha value is -1.26. The fourth-order valence-corrected chi connectivity index (χ4v) is 0.327. The lowest BCUT2D eigenvalue weighted by Crippen LogP contribution is -2.12. The van der Waals surface area contributed by atoms with Gasteiger partial charge in [0.1, 0.15) is 0 Å². The van der Waals surface area contributed by atoms with E-state index in [0.29, 0.717) is 12.7 Å². The van der Waals surface area contributed by atoms with Gasteiger partial charge < -0.3 is 10.4 Å². The minimum Gasteiger partial charge on any atom is -0.490 e. The standard InChI is InChI=1S/C4H8N2O3/c1-2-5-4(7)3-6(8)9/h3,5,7H,2H2,1H3. The van der Waals surface area contributed by atoms with Crippen molar-refractivity contribution in [3.05, 3.63) is 22.2 Å². The highest BCUT2D eigenvalue weighted by Gasteiger charge is 1.94. The van der Waals surface area contributed by atoms with Crippen LogP contribution in [0.25, 0.3) is 0 Å². The van der Waals surface area contributed by atoms with Gasteiger partial charge in [-0.1, -0.05) is 0 Å². The average molecular weight is 132 g/mol. The number of rotatable bonds is 3. The molecule has 0 saturated heterocycles. The topological polar surface area (TPSA) is 75.4 Å². The number of aliphatic hydroxyl groups excluding tert-OH is 1. The molecule has 0 aromatic heterocycles. The predicted molar refractivity (Wildman–Crippen MR) is 31.4 cm³/mol. The van der Waals surface area contributed by atoms with E-state index in [1.807, 2.05) is 0 Å². The second-order valence-electron chi connectivity index (χ2n) is 1.33. The lowest BCUT2D eigenvalue weighted by Gasteiger charge is -1.94. The van der Waals surface area contributed by atoms with Crippen molar-refractivity contribution in [3.8, 4) is 0 Å². The maximum atomic E-state index is 9.61. The third-order valence-corrected chi connectivity index (χ3v) is 0.586. The van der Waals surface area contributed by atoms with Crippen LogP contribution in [0.5, 0.6) is 0 Å². The van der Waals surface area contributed by atoms with Crippen molar-refractivity contribution in [2.45, 2.75) is 6.92 Å². The first-order chi connectivity index (χ1) is 4.16. The first-order valence-corrected chi connectivity index (χ1v) is 2.45. The van der Waals surface area contributed by atoms with E-state index in [1.54, 1.807) is 6.92 Å². The molecule has 0 bridgehead atoms. The number of nitrogens with one attached hydrogen (secondary N) is 1. The monoisotopic (exact) mass is 132 g/mol. The first-order valence-electron chi connectivity index (χ1n) is 2.45. The molecule has 0 radical (unpaired) electrons. The predicted octanol–water partition coefficient (Wildman–Crippen LogP) is 0.230. The minimum absolute atomic E-state index is 0.414. The molecular formula is C4H8N2O3. The third-order valence-electron chi connectivity index (χ3n) is 0.586. The van der Waals surface area contributed by atoms with Crippen LogP contribution < -0.4 is 5.32 Å². The van der Waals surface area contributed by atoms with Gasteiger partial charge in [0, 0.05) is 6.54 Å². The molecule has 0 aromatic carbocycles. The highest BCUT2D eigenvalue weighted by atomic mass is 16.6. The quantitative estimate of drug-likeness (QED) is 0.327. The van der Waals surface area contributed by atoms with E-state index in [-0.39, 0.29) is 0 Å². The van der Waals surface area contributed by atoms with Crippen LogP contribution in [0.2, 0.25) is 0 Å². The second kappa shape index (κ2) is 3.71. The molecule has 0 aromatic rings. The van der Waals surface area contributed by atoms with Crippen LogP contribution in [0, 0.1) is 10.1 Å². The van der Waals surface area contributed by atoms with Crippen molar-refractivity contribution in [2.75, 3.05) is 6.54 Å². The van der Waals surface area contributed by atoms with Crippen LogP contribution in [0.3, 0.4) is 0 Å². The van der Waals surface area contributed by atoms with Gasteiger partial charge in [-0.15, -0.1) is 0 Å². The van der Waals surface area contributed by atoms with E-state index in [0.717, 1.165) is 0 Å². The molecule has 0 heterocycles. The fourth-order valence-electron chi connectivity index (χ4n) is 0.327. The summed E-state index contributed by atoms with van der Waals surface area (Å²) < 4.78 is 0. The van der Waals surface area contributed by atoms with Crippen LogP contribution in [0.1, 0.15) is 6.92 Å². The molecule has 52 valence electrons. The van der Waals surface area contributed by atoms with Crippen molar-refractivity contribution < 1.29 is 10.0 Å². The Morgan fingerprint density at radius 2 is 2.56 bits per heavy atom. The van der Waals surface area contributed by atoms with Gasteiger partial charge in [0.25, 0.3) is 12.1 Å². The van der Waals surface area contributed by atoms with Crippen molar-refractivity contribution >= 4 is 0 Å². The number of nitro groups is 1. The molecule has 0 amide bonds. The lowest BCUT2D eigenvalue weighted by atomic mass is 10.7. The second-order valence-corrected chi connectivity index (χ2v) is 1.33. The van der Waals surface area contributed by atoms with E-state index in [2.05, 4.69) is 5.32 Å². The molecule has 0 aliphatic carbocycles. The highest BCUT2D eigenvalue weighted by Crippen LogP contribution is 1.79. The summed E-state index contributed by atoms with van der Waals surface area (Å²) >= 11 is 0. The SMILES string of the molecule is CCNC(O)=C[N+](=O)[O-]. The Balaban J connectivity index is 3.69. The molecule has 0 unspecified atom stereocenters. The van der Waals surface area contributed by atoms with E-state index >= 15 is 0 Å². The van der Waals surface area contributed by atoms with Crippen molar-refractivity contribution in [2.24, 2.45) is 0 Å². The largest absolute Gasteiger partial charge is 0.490 e. The fraction of sp³-hybridized carbons (Fsp3) is 0.500. The number of hydrogen-bond acceptors (Lipinski definition) is 4. The molecule has 9 heavy (non-hydrogen) atoms. The molecule has 2 N–H and O–H groups in total. The van der Waals surface area contributed by atoms with Crippen LogP contribution in [0.4, 0.5) is 0 Å². The molecule has 0 spiro atoms. The number of hydrogen-bond donors (Lipinski definition) is 2. The van der Waals surface area contributed by atoms with Gasteiger partial charge in [0.05, 0.1) is 4.92 Å². The zero-order valence-corrected chi connectivity index (χ0v) is 5.00. The molecule has 0 aliphatic heterocycles. The molecule has 5 nitrogen and oxygen atoms in total. The Morgan fingerprint density at radius 3 is 2.89 bits per heavy atom. The Kier molecular flexibility index (Phi) is 3.19.